The van der Waals surface area contributed by atoms with Crippen molar-refractivity contribution in [3.8, 4) is 11.3 Å². The van der Waals surface area contributed by atoms with E-state index in [0.29, 0.717) is 13.1 Å². The van der Waals surface area contributed by atoms with Crippen LogP contribution in [0.1, 0.15) is 16.8 Å². The minimum atomic E-state index is -0.159. The molecule has 0 saturated carbocycles. The van der Waals surface area contributed by atoms with E-state index in [1.54, 1.807) is 16.4 Å². The SMILES string of the molecule is CSc1cc(C)nc(SC)c1NC(=O)N(Cc1ccccc1)Cc1cccc(-c2ccn(C)n2)c1. The topological polar surface area (TPSA) is 63.1 Å². The summed E-state index contributed by atoms with van der Waals surface area (Å²) in [5, 5.41) is 8.50. The van der Waals surface area contributed by atoms with Crippen molar-refractivity contribution in [3.63, 3.8) is 0 Å². The van der Waals surface area contributed by atoms with E-state index in [2.05, 4.69) is 21.5 Å². The first kappa shape index (κ1) is 24.9. The van der Waals surface area contributed by atoms with Gasteiger partial charge in [0.1, 0.15) is 5.03 Å². The van der Waals surface area contributed by atoms with Crippen molar-refractivity contribution in [2.45, 2.75) is 29.9 Å². The van der Waals surface area contributed by atoms with E-state index in [9.17, 15) is 4.79 Å². The Kier molecular flexibility index (Phi) is 8.15. The van der Waals surface area contributed by atoms with Gasteiger partial charge >= 0.3 is 6.03 Å². The molecule has 2 aromatic heterocycles. The van der Waals surface area contributed by atoms with E-state index in [1.807, 2.05) is 98.2 Å². The van der Waals surface area contributed by atoms with Gasteiger partial charge in [0.15, 0.2) is 0 Å². The highest BCUT2D eigenvalue weighted by molar-refractivity contribution is 7.99. The van der Waals surface area contributed by atoms with Crippen LogP contribution in [0.15, 0.2) is 82.8 Å². The maximum absolute atomic E-state index is 13.7. The lowest BCUT2D eigenvalue weighted by molar-refractivity contribution is 0.206. The van der Waals surface area contributed by atoms with Crippen molar-refractivity contribution < 1.29 is 4.79 Å². The number of pyridine rings is 1. The maximum atomic E-state index is 13.7. The number of hydrogen-bond donors (Lipinski definition) is 1. The number of amides is 2. The molecule has 2 aromatic carbocycles. The molecule has 0 fully saturated rings. The molecule has 0 aliphatic rings. The molecule has 180 valence electrons. The quantitative estimate of drug-likeness (QED) is 0.279. The standard InChI is InChI=1S/C27H29N5OS2/c1-19-15-24(34-3)25(26(28-19)35-4)29-27(33)32(17-20-9-6-5-7-10-20)18-21-11-8-12-22(16-21)23-13-14-31(2)30-23/h5-16H,17-18H2,1-4H3,(H,29,33). The highest BCUT2D eigenvalue weighted by Crippen LogP contribution is 2.34. The number of nitrogens with one attached hydrogen (secondary N) is 1. The zero-order chi connectivity index (χ0) is 24.8. The molecule has 0 unspecified atom stereocenters. The van der Waals surface area contributed by atoms with Crippen LogP contribution in [0.5, 0.6) is 0 Å². The number of aryl methyl sites for hydroxylation is 2. The average molecular weight is 504 g/mol. The molecule has 6 nitrogen and oxygen atoms in total. The van der Waals surface area contributed by atoms with E-state index in [0.717, 1.165) is 43.7 Å². The van der Waals surface area contributed by atoms with Crippen molar-refractivity contribution in [2.24, 2.45) is 7.05 Å². The van der Waals surface area contributed by atoms with Crippen LogP contribution in [0.2, 0.25) is 0 Å². The monoisotopic (exact) mass is 503 g/mol. The Morgan fingerprint density at radius 1 is 0.971 bits per heavy atom. The van der Waals surface area contributed by atoms with Crippen molar-refractivity contribution in [2.75, 3.05) is 17.8 Å². The fourth-order valence-electron chi connectivity index (χ4n) is 3.85. The third kappa shape index (κ3) is 6.26. The predicted octanol–water partition coefficient (Wildman–Crippen LogP) is 6.47. The molecule has 0 spiro atoms. The summed E-state index contributed by atoms with van der Waals surface area (Å²) in [6.07, 6.45) is 5.92. The van der Waals surface area contributed by atoms with Crippen LogP contribution in [0.4, 0.5) is 10.5 Å². The average Bonchev–Trinajstić information content (AvgIpc) is 3.31. The summed E-state index contributed by atoms with van der Waals surface area (Å²) in [6, 6.07) is 22.1. The van der Waals surface area contributed by atoms with Crippen LogP contribution in [0, 0.1) is 6.92 Å². The van der Waals surface area contributed by atoms with Gasteiger partial charge in [0, 0.05) is 42.5 Å². The number of aromatic nitrogens is 3. The number of anilines is 1. The van der Waals surface area contributed by atoms with Gasteiger partial charge in [-0.1, -0.05) is 48.5 Å². The molecule has 4 aromatic rings. The summed E-state index contributed by atoms with van der Waals surface area (Å²) in [5.74, 6) is 0. The van der Waals surface area contributed by atoms with Gasteiger partial charge in [0.25, 0.3) is 0 Å². The van der Waals surface area contributed by atoms with Gasteiger partial charge in [0.05, 0.1) is 11.4 Å². The molecule has 0 atom stereocenters. The smallest absolute Gasteiger partial charge is 0.316 e. The molecular formula is C27H29N5OS2. The van der Waals surface area contributed by atoms with Crippen molar-refractivity contribution in [1.29, 1.82) is 0 Å². The number of hydrogen-bond acceptors (Lipinski definition) is 5. The third-order valence-corrected chi connectivity index (χ3v) is 6.98. The van der Waals surface area contributed by atoms with E-state index >= 15 is 0 Å². The lowest BCUT2D eigenvalue weighted by atomic mass is 10.1. The lowest BCUT2D eigenvalue weighted by Gasteiger charge is -2.25. The fraction of sp³-hybridized carbons (Fsp3) is 0.222. The zero-order valence-corrected chi connectivity index (χ0v) is 22.0. The molecule has 0 bridgehead atoms. The highest BCUT2D eigenvalue weighted by Gasteiger charge is 2.20. The summed E-state index contributed by atoms with van der Waals surface area (Å²) in [4.78, 5) is 21.1. The van der Waals surface area contributed by atoms with Crippen molar-refractivity contribution in [3.05, 3.63) is 89.7 Å². The Balaban J connectivity index is 1.63. The van der Waals surface area contributed by atoms with E-state index in [4.69, 9.17) is 0 Å². The Morgan fingerprint density at radius 3 is 2.40 bits per heavy atom. The van der Waals surface area contributed by atoms with Crippen LogP contribution >= 0.6 is 23.5 Å². The molecule has 1 N–H and O–H groups in total. The predicted molar refractivity (Wildman–Crippen MR) is 146 cm³/mol. The first-order valence-electron chi connectivity index (χ1n) is 11.2. The maximum Gasteiger partial charge on any atom is 0.322 e. The van der Waals surface area contributed by atoms with Crippen LogP contribution in [0.3, 0.4) is 0 Å². The van der Waals surface area contributed by atoms with E-state index in [1.165, 1.54) is 11.8 Å². The fourth-order valence-corrected chi connectivity index (χ4v) is 5.15. The van der Waals surface area contributed by atoms with Crippen LogP contribution in [-0.2, 0) is 20.1 Å². The van der Waals surface area contributed by atoms with Gasteiger partial charge in [-0.15, -0.1) is 23.5 Å². The first-order valence-corrected chi connectivity index (χ1v) is 13.7. The largest absolute Gasteiger partial charge is 0.322 e. The van der Waals surface area contributed by atoms with Crippen molar-refractivity contribution >= 4 is 35.2 Å². The summed E-state index contributed by atoms with van der Waals surface area (Å²) >= 11 is 3.14. The van der Waals surface area contributed by atoms with Crippen LogP contribution in [0.25, 0.3) is 11.3 Å². The van der Waals surface area contributed by atoms with Gasteiger partial charge in [-0.2, -0.15) is 5.10 Å². The minimum Gasteiger partial charge on any atom is -0.316 e. The molecule has 2 amide bonds. The number of carbonyl (C=O) groups excluding carboxylic acids is 1. The summed E-state index contributed by atoms with van der Waals surface area (Å²) < 4.78 is 1.79. The number of nitrogens with zero attached hydrogens (tertiary/aromatic N) is 4. The van der Waals surface area contributed by atoms with E-state index < -0.39 is 0 Å². The summed E-state index contributed by atoms with van der Waals surface area (Å²) in [7, 11) is 1.91. The Bertz CT molecular complexity index is 1280. The van der Waals surface area contributed by atoms with E-state index in [-0.39, 0.29) is 6.03 Å². The number of rotatable bonds is 8. The van der Waals surface area contributed by atoms with Crippen LogP contribution in [-0.4, -0.2) is 38.2 Å². The first-order chi connectivity index (χ1) is 17.0. The molecule has 2 heterocycles. The Labute approximate surface area is 215 Å². The Morgan fingerprint density at radius 2 is 1.71 bits per heavy atom. The molecule has 0 aliphatic heterocycles. The molecule has 0 radical (unpaired) electrons. The molecule has 0 aliphatic carbocycles. The molecular weight excluding hydrogens is 474 g/mol. The highest BCUT2D eigenvalue weighted by atomic mass is 32.2. The second-order valence-corrected chi connectivity index (χ2v) is 9.84. The van der Waals surface area contributed by atoms with Gasteiger partial charge in [-0.25, -0.2) is 9.78 Å². The number of thioether (sulfide) groups is 2. The molecule has 8 heteroatoms. The van der Waals surface area contributed by atoms with Gasteiger partial charge < -0.3 is 10.2 Å². The summed E-state index contributed by atoms with van der Waals surface area (Å²) in [5.41, 5.74) is 5.75. The third-order valence-electron chi connectivity index (χ3n) is 5.54. The normalized spacial score (nSPS) is 10.9. The van der Waals surface area contributed by atoms with Gasteiger partial charge in [-0.3, -0.25) is 4.68 Å². The molecule has 4 rings (SSSR count). The molecule has 35 heavy (non-hydrogen) atoms. The number of carbonyl (C=O) groups is 1. The van der Waals surface area contributed by atoms with Gasteiger partial charge in [-0.05, 0) is 48.8 Å². The molecule has 0 saturated heterocycles. The van der Waals surface area contributed by atoms with Crippen molar-refractivity contribution in [1.82, 2.24) is 19.7 Å². The second kappa shape index (κ2) is 11.5. The number of benzene rings is 2. The van der Waals surface area contributed by atoms with Gasteiger partial charge in [0.2, 0.25) is 0 Å². The lowest BCUT2D eigenvalue weighted by Crippen LogP contribution is -2.34. The minimum absolute atomic E-state index is 0.159. The zero-order valence-electron chi connectivity index (χ0n) is 20.4. The second-order valence-electron chi connectivity index (χ2n) is 8.20. The van der Waals surface area contributed by atoms with Crippen LogP contribution < -0.4 is 5.32 Å². The Hall–Kier alpha value is -3.23. The summed E-state index contributed by atoms with van der Waals surface area (Å²) in [6.45, 7) is 2.92. The number of urea groups is 1.